The van der Waals surface area contributed by atoms with Crippen molar-refractivity contribution in [1.82, 2.24) is 4.90 Å². The van der Waals surface area contributed by atoms with E-state index in [4.69, 9.17) is 4.74 Å². The zero-order valence-corrected chi connectivity index (χ0v) is 12.0. The summed E-state index contributed by atoms with van der Waals surface area (Å²) in [5.41, 5.74) is 0. The highest BCUT2D eigenvalue weighted by atomic mass is 16.5. The summed E-state index contributed by atoms with van der Waals surface area (Å²) in [7, 11) is 1.74. The van der Waals surface area contributed by atoms with Gasteiger partial charge in [-0.25, -0.2) is 0 Å². The highest BCUT2D eigenvalue weighted by Gasteiger charge is 2.37. The lowest BCUT2D eigenvalue weighted by Gasteiger charge is -2.45. The number of aliphatic hydroxyl groups excluding tert-OH is 1. The largest absolute Gasteiger partial charge is 0.391 e. The minimum absolute atomic E-state index is 0.187. The number of likely N-dealkylation sites (N-methyl/N-ethyl adjacent to an activating group) is 1. The molecule has 5 atom stereocenters. The van der Waals surface area contributed by atoms with E-state index in [1.165, 1.54) is 6.42 Å². The Bertz CT molecular complexity index is 210. The number of hydrogen-bond acceptors (Lipinski definition) is 3. The molecule has 3 nitrogen and oxygen atoms in total. The van der Waals surface area contributed by atoms with Gasteiger partial charge in [-0.2, -0.15) is 0 Å². The van der Waals surface area contributed by atoms with Crippen molar-refractivity contribution in [3.63, 3.8) is 0 Å². The van der Waals surface area contributed by atoms with Gasteiger partial charge in [-0.1, -0.05) is 20.8 Å². The summed E-state index contributed by atoms with van der Waals surface area (Å²) in [5, 5.41) is 10.3. The standard InChI is InChI=1S/C14H29NO2/c1-6-15(12(4)9-17-5)14-11(3)7-10(2)8-13(14)16/h10-14,16H,6-9H2,1-5H3. The summed E-state index contributed by atoms with van der Waals surface area (Å²) in [6.07, 6.45) is 1.97. The van der Waals surface area contributed by atoms with Gasteiger partial charge in [-0.15, -0.1) is 0 Å². The van der Waals surface area contributed by atoms with Crippen LogP contribution in [0.4, 0.5) is 0 Å². The summed E-state index contributed by atoms with van der Waals surface area (Å²) in [6, 6.07) is 0.668. The third-order valence-corrected chi connectivity index (χ3v) is 4.12. The molecule has 0 aromatic heterocycles. The third-order valence-electron chi connectivity index (χ3n) is 4.12. The van der Waals surface area contributed by atoms with Crippen molar-refractivity contribution in [3.05, 3.63) is 0 Å². The molecule has 0 radical (unpaired) electrons. The maximum atomic E-state index is 10.3. The summed E-state index contributed by atoms with van der Waals surface area (Å²) >= 11 is 0. The second kappa shape index (κ2) is 6.72. The second-order valence-corrected chi connectivity index (χ2v) is 5.75. The van der Waals surface area contributed by atoms with Crippen LogP contribution in [0.25, 0.3) is 0 Å². The molecule has 3 heteroatoms. The molecule has 102 valence electrons. The normalized spacial score (nSPS) is 36.2. The van der Waals surface area contributed by atoms with Gasteiger partial charge in [0.25, 0.3) is 0 Å². The predicted molar refractivity (Wildman–Crippen MR) is 71.1 cm³/mol. The molecule has 1 saturated carbocycles. The fraction of sp³-hybridized carbons (Fsp3) is 1.00. The van der Waals surface area contributed by atoms with E-state index < -0.39 is 0 Å². The van der Waals surface area contributed by atoms with E-state index in [0.29, 0.717) is 23.9 Å². The number of ether oxygens (including phenoxy) is 1. The molecule has 1 aliphatic rings. The minimum Gasteiger partial charge on any atom is -0.391 e. The molecular formula is C14H29NO2. The Labute approximate surface area is 106 Å². The van der Waals surface area contributed by atoms with E-state index in [1.807, 2.05) is 0 Å². The molecule has 0 spiro atoms. The Balaban J connectivity index is 2.72. The first-order chi connectivity index (χ1) is 8.01. The second-order valence-electron chi connectivity index (χ2n) is 5.75. The van der Waals surface area contributed by atoms with Gasteiger partial charge in [-0.05, 0) is 38.1 Å². The highest BCUT2D eigenvalue weighted by molar-refractivity contribution is 4.91. The van der Waals surface area contributed by atoms with Crippen molar-refractivity contribution >= 4 is 0 Å². The van der Waals surface area contributed by atoms with Crippen molar-refractivity contribution in [3.8, 4) is 0 Å². The van der Waals surface area contributed by atoms with Crippen LogP contribution in [0.1, 0.15) is 40.5 Å². The van der Waals surface area contributed by atoms with E-state index in [1.54, 1.807) is 7.11 Å². The molecule has 17 heavy (non-hydrogen) atoms. The molecule has 0 aromatic carbocycles. The molecule has 0 aliphatic heterocycles. The van der Waals surface area contributed by atoms with Crippen LogP contribution in [-0.4, -0.2) is 48.5 Å². The van der Waals surface area contributed by atoms with Crippen LogP contribution in [0.15, 0.2) is 0 Å². The van der Waals surface area contributed by atoms with Gasteiger partial charge in [-0.3, -0.25) is 4.90 Å². The molecule has 0 saturated heterocycles. The van der Waals surface area contributed by atoms with Crippen molar-refractivity contribution in [1.29, 1.82) is 0 Å². The van der Waals surface area contributed by atoms with Crippen molar-refractivity contribution in [2.75, 3.05) is 20.3 Å². The first-order valence-corrected chi connectivity index (χ1v) is 6.93. The lowest BCUT2D eigenvalue weighted by atomic mass is 9.77. The molecule has 0 aromatic rings. The maximum absolute atomic E-state index is 10.3. The molecule has 0 bridgehead atoms. The SMILES string of the molecule is CCN(C(C)COC)C1C(C)CC(C)CC1O. The molecular weight excluding hydrogens is 214 g/mol. The number of nitrogens with zero attached hydrogens (tertiary/aromatic N) is 1. The van der Waals surface area contributed by atoms with Crippen LogP contribution in [0, 0.1) is 11.8 Å². The van der Waals surface area contributed by atoms with Crippen LogP contribution >= 0.6 is 0 Å². The lowest BCUT2D eigenvalue weighted by molar-refractivity contribution is -0.0484. The fourth-order valence-electron chi connectivity index (χ4n) is 3.50. The summed E-state index contributed by atoms with van der Waals surface area (Å²) in [6.45, 7) is 10.6. The van der Waals surface area contributed by atoms with Gasteiger partial charge in [0.15, 0.2) is 0 Å². The Morgan fingerprint density at radius 3 is 2.47 bits per heavy atom. The maximum Gasteiger partial charge on any atom is 0.0700 e. The smallest absolute Gasteiger partial charge is 0.0700 e. The summed E-state index contributed by atoms with van der Waals surface area (Å²) in [4.78, 5) is 2.41. The quantitative estimate of drug-likeness (QED) is 0.803. The molecule has 1 fully saturated rings. The third kappa shape index (κ3) is 3.67. The zero-order chi connectivity index (χ0) is 13.0. The van der Waals surface area contributed by atoms with Crippen LogP contribution in [0.3, 0.4) is 0 Å². The molecule has 5 unspecified atom stereocenters. The molecule has 1 N–H and O–H groups in total. The van der Waals surface area contributed by atoms with E-state index >= 15 is 0 Å². The van der Waals surface area contributed by atoms with Gasteiger partial charge in [0, 0.05) is 19.2 Å². The van der Waals surface area contributed by atoms with Crippen LogP contribution in [0.2, 0.25) is 0 Å². The summed E-state index contributed by atoms with van der Waals surface area (Å²) < 4.78 is 5.25. The Kier molecular flexibility index (Phi) is 5.90. The highest BCUT2D eigenvalue weighted by Crippen LogP contribution is 2.33. The zero-order valence-electron chi connectivity index (χ0n) is 12.0. The monoisotopic (exact) mass is 243 g/mol. The summed E-state index contributed by atoms with van der Waals surface area (Å²) in [5.74, 6) is 1.21. The van der Waals surface area contributed by atoms with Crippen molar-refractivity contribution < 1.29 is 9.84 Å². The molecule has 1 rings (SSSR count). The first kappa shape index (κ1) is 14.9. The Hall–Kier alpha value is -0.120. The van der Waals surface area contributed by atoms with E-state index in [0.717, 1.165) is 19.6 Å². The Morgan fingerprint density at radius 1 is 1.35 bits per heavy atom. The number of rotatable bonds is 5. The average Bonchev–Trinajstić information content (AvgIpc) is 2.23. The van der Waals surface area contributed by atoms with Crippen LogP contribution in [0.5, 0.6) is 0 Å². The predicted octanol–water partition coefficient (Wildman–Crippen LogP) is 2.14. The molecule has 0 amide bonds. The topological polar surface area (TPSA) is 32.7 Å². The number of hydrogen-bond donors (Lipinski definition) is 1. The van der Waals surface area contributed by atoms with Gasteiger partial charge in [0.05, 0.1) is 12.7 Å². The Morgan fingerprint density at radius 2 is 2.00 bits per heavy atom. The van der Waals surface area contributed by atoms with Gasteiger partial charge >= 0.3 is 0 Å². The van der Waals surface area contributed by atoms with Crippen molar-refractivity contribution in [2.45, 2.75) is 58.7 Å². The van der Waals surface area contributed by atoms with E-state index in [2.05, 4.69) is 32.6 Å². The first-order valence-electron chi connectivity index (χ1n) is 6.93. The molecule has 1 aliphatic carbocycles. The lowest BCUT2D eigenvalue weighted by Crippen LogP contribution is -2.55. The van der Waals surface area contributed by atoms with Crippen molar-refractivity contribution in [2.24, 2.45) is 11.8 Å². The van der Waals surface area contributed by atoms with E-state index in [9.17, 15) is 5.11 Å². The van der Waals surface area contributed by atoms with Gasteiger partial charge < -0.3 is 9.84 Å². The van der Waals surface area contributed by atoms with Gasteiger partial charge in [0.1, 0.15) is 0 Å². The molecule has 0 heterocycles. The number of aliphatic hydroxyl groups is 1. The van der Waals surface area contributed by atoms with Crippen LogP contribution in [-0.2, 0) is 4.74 Å². The van der Waals surface area contributed by atoms with E-state index in [-0.39, 0.29) is 6.10 Å². The average molecular weight is 243 g/mol. The minimum atomic E-state index is -0.187. The van der Waals surface area contributed by atoms with Crippen LogP contribution < -0.4 is 0 Å². The number of methoxy groups -OCH3 is 1. The van der Waals surface area contributed by atoms with Gasteiger partial charge in [0.2, 0.25) is 0 Å². The fourth-order valence-corrected chi connectivity index (χ4v) is 3.50.